The largest absolute Gasteiger partial charge is 0.508 e. The Hall–Kier alpha value is -4.15. The van der Waals surface area contributed by atoms with Crippen LogP contribution in [0.5, 0.6) is 5.75 Å². The van der Waals surface area contributed by atoms with Crippen molar-refractivity contribution in [2.75, 3.05) is 46.2 Å². The Morgan fingerprint density at radius 1 is 1.06 bits per heavy atom. The van der Waals surface area contributed by atoms with Gasteiger partial charge in [0.15, 0.2) is 11.4 Å². The number of aromatic hydroxyl groups is 1. The number of halogens is 3. The second-order valence-corrected chi connectivity index (χ2v) is 13.4. The number of phenols is 1. The molecule has 0 aromatic heterocycles. The van der Waals surface area contributed by atoms with E-state index in [9.17, 15) is 48.0 Å². The molecule has 6 rings (SSSR count). The lowest BCUT2D eigenvalue weighted by Crippen LogP contribution is -2.65. The Bertz CT molecular complexity index is 1630. The number of likely N-dealkylation sites (N-methyl/N-ethyl adjacent to an activating group) is 1. The Kier molecular flexibility index (Phi) is 8.38. The lowest BCUT2D eigenvalue weighted by atomic mass is 9.57. The maximum Gasteiger partial charge on any atom is 0.490 e. The number of nitrogens with zero attached hydrogens (tertiary/aromatic N) is 3. The summed E-state index contributed by atoms with van der Waals surface area (Å²) < 4.78 is 31.7. The van der Waals surface area contributed by atoms with E-state index in [-0.39, 0.29) is 29.7 Å². The van der Waals surface area contributed by atoms with Crippen molar-refractivity contribution in [1.29, 1.82) is 0 Å². The number of primary amides is 1. The molecule has 16 heteroatoms. The van der Waals surface area contributed by atoms with Crippen molar-refractivity contribution < 1.29 is 57.9 Å². The smallest absolute Gasteiger partial charge is 0.490 e. The summed E-state index contributed by atoms with van der Waals surface area (Å²) in [7, 11) is 6.92. The molecule has 0 radical (unpaired) electrons. The summed E-state index contributed by atoms with van der Waals surface area (Å²) >= 11 is 0. The van der Waals surface area contributed by atoms with Gasteiger partial charge in [-0.2, -0.15) is 13.2 Å². The molecule has 7 N–H and O–H groups in total. The van der Waals surface area contributed by atoms with Crippen LogP contribution in [0.25, 0.3) is 5.76 Å². The number of alkyl halides is 3. The van der Waals surface area contributed by atoms with Gasteiger partial charge < -0.3 is 36.2 Å². The third-order valence-electron chi connectivity index (χ3n) is 9.95. The van der Waals surface area contributed by atoms with Crippen molar-refractivity contribution in [3.63, 3.8) is 0 Å². The summed E-state index contributed by atoms with van der Waals surface area (Å²) in [6.45, 7) is 2.41. The Morgan fingerprint density at radius 2 is 1.64 bits per heavy atom. The number of Topliss-reactive ketones (excluding diaryl/α,β-unsaturated/α-hetero) is 2. The summed E-state index contributed by atoms with van der Waals surface area (Å²) in [6.07, 6.45) is -3.50. The number of piperidine rings is 1. The number of carbonyl (C=O) groups excluding carboxylic acids is 3. The van der Waals surface area contributed by atoms with Gasteiger partial charge in [-0.15, -0.1) is 0 Å². The van der Waals surface area contributed by atoms with Crippen molar-refractivity contribution in [1.82, 2.24) is 9.80 Å². The van der Waals surface area contributed by atoms with Crippen molar-refractivity contribution >= 4 is 34.9 Å². The van der Waals surface area contributed by atoms with Crippen molar-refractivity contribution in [2.24, 2.45) is 29.4 Å². The van der Waals surface area contributed by atoms with E-state index in [0.717, 1.165) is 18.8 Å². The molecule has 256 valence electrons. The Morgan fingerprint density at radius 3 is 2.13 bits per heavy atom. The lowest BCUT2D eigenvalue weighted by molar-refractivity contribution is -0.192. The average Bonchev–Trinajstić information content (AvgIpc) is 3.56. The van der Waals surface area contributed by atoms with Gasteiger partial charge in [-0.3, -0.25) is 24.2 Å². The van der Waals surface area contributed by atoms with Gasteiger partial charge in [-0.25, -0.2) is 4.79 Å². The molecule has 3 fully saturated rings. The average molecular weight is 667 g/mol. The van der Waals surface area contributed by atoms with E-state index in [1.807, 2.05) is 25.1 Å². The minimum absolute atomic E-state index is 0.0672. The minimum atomic E-state index is -5.08. The fraction of sp³-hybridized carbons (Fsp3) is 0.548. The van der Waals surface area contributed by atoms with Gasteiger partial charge >= 0.3 is 12.1 Å². The highest BCUT2D eigenvalue weighted by molar-refractivity contribution is 6.24. The number of fused-ring (bicyclic) bond motifs is 4. The SMILES string of the molecule is CN(C)c1cc(CN2CC3CC3C2)c(O)c2c1C[C@H]1C[C@H]3[C@H](N(C)C)C(=O)C(C(N)=O)=C(O)[C@@]3(O)C(=O)C1=C2O.O=C(O)C(F)(F)F. The number of rotatable bonds is 5. The van der Waals surface area contributed by atoms with Gasteiger partial charge in [0.2, 0.25) is 5.78 Å². The molecule has 1 heterocycles. The molecule has 0 spiro atoms. The molecule has 1 aromatic carbocycles. The predicted molar refractivity (Wildman–Crippen MR) is 159 cm³/mol. The third kappa shape index (κ3) is 5.51. The standard InChI is InChI=1S/C29H36N4O7.C2HF3O2/c1-31(2)18-8-15(11-33-9-13-5-14(13)10-33)23(34)20-16(18)6-12-7-17-22(32(3)4)25(36)21(28(30)39)27(38)29(17,40)26(37)19(12)24(20)35;3-2(4,5)1(6)7/h8,12-14,17,22,34-35,38,40H,5-7,9-11H2,1-4H3,(H2,30,39);(H,6,7)/t12-,13?,14?,17-,22-,29-;/m0./s1. The number of hydrogen-bond donors (Lipinski definition) is 6. The second kappa shape index (κ2) is 11.5. The highest BCUT2D eigenvalue weighted by Gasteiger charge is 2.64. The van der Waals surface area contributed by atoms with Crippen LogP contribution >= 0.6 is 0 Å². The normalized spacial score (nSPS) is 29.9. The first-order valence-corrected chi connectivity index (χ1v) is 14.9. The Balaban J connectivity index is 0.000000559. The van der Waals surface area contributed by atoms with Crippen molar-refractivity contribution in [2.45, 2.75) is 43.6 Å². The van der Waals surface area contributed by atoms with Gasteiger partial charge in [-0.1, -0.05) is 0 Å². The zero-order chi connectivity index (χ0) is 35.1. The lowest BCUT2D eigenvalue weighted by Gasteiger charge is -2.50. The molecule has 6 atom stereocenters. The van der Waals surface area contributed by atoms with Crippen LogP contribution in [-0.4, -0.2) is 118 Å². The van der Waals surface area contributed by atoms with Crippen molar-refractivity contribution in [3.05, 3.63) is 39.7 Å². The number of carboxylic acids is 1. The summed E-state index contributed by atoms with van der Waals surface area (Å²) in [5.41, 5.74) is 4.05. The number of carboxylic acid groups (broad SMARTS) is 1. The highest BCUT2D eigenvalue weighted by atomic mass is 19.4. The molecule has 0 bridgehead atoms. The first kappa shape index (κ1) is 34.2. The maximum atomic E-state index is 14.1. The molecule has 2 saturated carbocycles. The van der Waals surface area contributed by atoms with Gasteiger partial charge in [0.1, 0.15) is 22.8 Å². The van der Waals surface area contributed by atoms with Crippen LogP contribution in [0, 0.1) is 23.7 Å². The zero-order valence-electron chi connectivity index (χ0n) is 26.1. The molecule has 1 amide bonds. The van der Waals surface area contributed by atoms with Crippen LogP contribution < -0.4 is 10.6 Å². The third-order valence-corrected chi connectivity index (χ3v) is 9.95. The minimum Gasteiger partial charge on any atom is -0.508 e. The fourth-order valence-electron chi connectivity index (χ4n) is 7.73. The zero-order valence-corrected chi connectivity index (χ0v) is 26.1. The van der Waals surface area contributed by atoms with Crippen LogP contribution in [0.2, 0.25) is 0 Å². The van der Waals surface area contributed by atoms with E-state index < -0.39 is 70.2 Å². The number of ketones is 2. The molecule has 13 nitrogen and oxygen atoms in total. The molecule has 1 aliphatic heterocycles. The first-order chi connectivity index (χ1) is 21.7. The van der Waals surface area contributed by atoms with E-state index in [2.05, 4.69) is 4.90 Å². The fourth-order valence-corrected chi connectivity index (χ4v) is 7.73. The summed E-state index contributed by atoms with van der Waals surface area (Å²) in [6, 6.07) is 0.825. The van der Waals surface area contributed by atoms with Crippen LogP contribution in [0.3, 0.4) is 0 Å². The monoisotopic (exact) mass is 666 g/mol. The number of phenolic OH excluding ortho intramolecular Hbond substituents is 1. The van der Waals surface area contributed by atoms with E-state index in [0.29, 0.717) is 29.5 Å². The van der Waals surface area contributed by atoms with Gasteiger partial charge in [0.05, 0.1) is 11.6 Å². The predicted octanol–water partition coefficient (Wildman–Crippen LogP) is 1.12. The molecule has 1 saturated heterocycles. The second-order valence-electron chi connectivity index (χ2n) is 13.4. The molecule has 47 heavy (non-hydrogen) atoms. The summed E-state index contributed by atoms with van der Waals surface area (Å²) in [4.78, 5) is 54.1. The molecule has 2 unspecified atom stereocenters. The molecular weight excluding hydrogens is 629 g/mol. The van der Waals surface area contributed by atoms with Crippen LogP contribution in [0.4, 0.5) is 18.9 Å². The highest BCUT2D eigenvalue weighted by Crippen LogP contribution is 2.54. The number of aliphatic hydroxyl groups is 3. The topological polar surface area (TPSA) is 205 Å². The number of aliphatic carboxylic acids is 1. The number of amides is 1. The van der Waals surface area contributed by atoms with E-state index in [1.54, 1.807) is 14.1 Å². The van der Waals surface area contributed by atoms with Crippen LogP contribution in [0.15, 0.2) is 23.0 Å². The number of nitrogens with two attached hydrogens (primary N) is 1. The summed E-state index contributed by atoms with van der Waals surface area (Å²) in [5, 5.41) is 53.0. The molecule has 1 aromatic rings. The van der Waals surface area contributed by atoms with E-state index in [4.69, 9.17) is 15.6 Å². The van der Waals surface area contributed by atoms with Gasteiger partial charge in [0, 0.05) is 56.5 Å². The van der Waals surface area contributed by atoms with Crippen molar-refractivity contribution in [3.8, 4) is 5.75 Å². The number of benzene rings is 1. The van der Waals surface area contributed by atoms with Gasteiger partial charge in [0.25, 0.3) is 5.91 Å². The number of hydrogen-bond acceptors (Lipinski definition) is 11. The van der Waals surface area contributed by atoms with Crippen LogP contribution in [-0.2, 0) is 32.1 Å². The first-order valence-electron chi connectivity index (χ1n) is 14.9. The number of likely N-dealkylation sites (tertiary alicyclic amines) is 1. The van der Waals surface area contributed by atoms with Crippen LogP contribution in [0.1, 0.15) is 29.5 Å². The maximum absolute atomic E-state index is 14.1. The number of aliphatic hydroxyl groups excluding tert-OH is 2. The van der Waals surface area contributed by atoms with E-state index in [1.165, 1.54) is 11.3 Å². The molecule has 4 aliphatic carbocycles. The van der Waals surface area contributed by atoms with Gasteiger partial charge in [-0.05, 0) is 62.7 Å². The number of anilines is 1. The quantitative estimate of drug-likeness (QED) is 0.245. The summed E-state index contributed by atoms with van der Waals surface area (Å²) in [5.74, 6) is -7.70. The molecule has 5 aliphatic rings. The molecular formula is C31H37F3N4O9. The number of carbonyl (C=O) groups is 4. The Labute approximate surface area is 267 Å². The van der Waals surface area contributed by atoms with E-state index >= 15 is 0 Å².